The number of carbonyl (C=O) groups excluding carboxylic acids is 2. The summed E-state index contributed by atoms with van der Waals surface area (Å²) in [6.45, 7) is 2.05. The van der Waals surface area contributed by atoms with E-state index in [1.54, 1.807) is 24.3 Å². The summed E-state index contributed by atoms with van der Waals surface area (Å²) >= 11 is 0. The Morgan fingerprint density at radius 1 is 0.594 bits per heavy atom. The van der Waals surface area contributed by atoms with Crippen LogP contribution >= 0.6 is 0 Å². The van der Waals surface area contributed by atoms with Crippen molar-refractivity contribution in [3.05, 3.63) is 102 Å². The third-order valence-electron chi connectivity index (χ3n) is 5.38. The summed E-state index contributed by atoms with van der Waals surface area (Å²) in [7, 11) is 2.74. The van der Waals surface area contributed by atoms with Crippen molar-refractivity contribution in [2.24, 2.45) is 0 Å². The van der Waals surface area contributed by atoms with E-state index in [2.05, 4.69) is 47.9 Å². The number of benzene rings is 3. The molecular formula is C27H23NO4. The maximum atomic E-state index is 11.8. The van der Waals surface area contributed by atoms with Crippen molar-refractivity contribution in [2.75, 3.05) is 14.2 Å². The number of rotatable bonds is 5. The number of nitrogens with zero attached hydrogens (tertiary/aromatic N) is 1. The maximum Gasteiger partial charge on any atom is 0.337 e. The predicted molar refractivity (Wildman–Crippen MR) is 124 cm³/mol. The van der Waals surface area contributed by atoms with E-state index in [-0.39, 0.29) is 11.9 Å². The van der Waals surface area contributed by atoms with E-state index < -0.39 is 0 Å². The van der Waals surface area contributed by atoms with Gasteiger partial charge in [-0.25, -0.2) is 9.59 Å². The highest BCUT2D eigenvalue weighted by atomic mass is 16.5. The third-order valence-corrected chi connectivity index (χ3v) is 5.38. The molecule has 0 saturated heterocycles. The van der Waals surface area contributed by atoms with Gasteiger partial charge in [0.05, 0.1) is 36.7 Å². The number of hydrogen-bond acceptors (Lipinski definition) is 4. The summed E-state index contributed by atoms with van der Waals surface area (Å²) in [6, 6.07) is 27.1. The molecule has 0 amide bonds. The first-order chi connectivity index (χ1) is 15.5. The number of methoxy groups -OCH3 is 2. The molecule has 0 aliphatic carbocycles. The van der Waals surface area contributed by atoms with E-state index in [1.807, 2.05) is 24.3 Å². The van der Waals surface area contributed by atoms with E-state index in [0.29, 0.717) is 11.1 Å². The van der Waals surface area contributed by atoms with Crippen molar-refractivity contribution < 1.29 is 19.1 Å². The van der Waals surface area contributed by atoms with Gasteiger partial charge in [-0.05, 0) is 66.6 Å². The summed E-state index contributed by atoms with van der Waals surface area (Å²) in [5.74, 6) is -0.728. The van der Waals surface area contributed by atoms with Crippen LogP contribution in [0.5, 0.6) is 0 Å². The third kappa shape index (κ3) is 4.05. The molecule has 0 fully saturated rings. The molecular weight excluding hydrogens is 402 g/mol. The van der Waals surface area contributed by atoms with Crippen LogP contribution in [-0.2, 0) is 9.47 Å². The van der Waals surface area contributed by atoms with Crippen molar-refractivity contribution in [1.82, 2.24) is 4.57 Å². The highest BCUT2D eigenvalue weighted by molar-refractivity contribution is 5.91. The molecule has 4 aromatic rings. The zero-order chi connectivity index (χ0) is 22.7. The van der Waals surface area contributed by atoms with Crippen LogP contribution in [0.15, 0.2) is 84.9 Å². The SMILES string of the molecule is COC(=O)c1ccc(-c2ccc(-c3ccc(C(=O)OC)cc3)n2-c2ccc(C)cc2)cc1. The Bertz CT molecular complexity index is 1170. The van der Waals surface area contributed by atoms with Gasteiger partial charge in [0, 0.05) is 5.69 Å². The smallest absolute Gasteiger partial charge is 0.337 e. The summed E-state index contributed by atoms with van der Waals surface area (Å²) < 4.78 is 11.8. The van der Waals surface area contributed by atoms with E-state index in [9.17, 15) is 9.59 Å². The quantitative estimate of drug-likeness (QED) is 0.385. The van der Waals surface area contributed by atoms with Gasteiger partial charge in [0.1, 0.15) is 0 Å². The Labute approximate surface area is 186 Å². The molecule has 0 saturated carbocycles. The second-order valence-corrected chi connectivity index (χ2v) is 7.41. The second kappa shape index (κ2) is 8.94. The van der Waals surface area contributed by atoms with Gasteiger partial charge < -0.3 is 14.0 Å². The summed E-state index contributed by atoms with van der Waals surface area (Å²) in [4.78, 5) is 23.6. The zero-order valence-electron chi connectivity index (χ0n) is 18.2. The second-order valence-electron chi connectivity index (χ2n) is 7.41. The number of carbonyl (C=O) groups is 2. The molecule has 4 rings (SSSR count). The summed E-state index contributed by atoms with van der Waals surface area (Å²) in [6.07, 6.45) is 0. The van der Waals surface area contributed by atoms with Crippen molar-refractivity contribution in [1.29, 1.82) is 0 Å². The van der Waals surface area contributed by atoms with Gasteiger partial charge in [-0.1, -0.05) is 42.0 Å². The largest absolute Gasteiger partial charge is 0.465 e. The minimum Gasteiger partial charge on any atom is -0.465 e. The van der Waals surface area contributed by atoms with Crippen LogP contribution < -0.4 is 0 Å². The van der Waals surface area contributed by atoms with E-state index in [4.69, 9.17) is 9.47 Å². The molecule has 0 aliphatic heterocycles. The number of esters is 2. The van der Waals surface area contributed by atoms with Gasteiger partial charge >= 0.3 is 11.9 Å². The molecule has 3 aromatic carbocycles. The van der Waals surface area contributed by atoms with E-state index in [0.717, 1.165) is 28.2 Å². The van der Waals surface area contributed by atoms with Crippen molar-refractivity contribution in [3.8, 4) is 28.2 Å². The van der Waals surface area contributed by atoms with Crippen molar-refractivity contribution in [3.63, 3.8) is 0 Å². The molecule has 0 spiro atoms. The van der Waals surface area contributed by atoms with Gasteiger partial charge in [0.25, 0.3) is 0 Å². The van der Waals surface area contributed by atoms with Crippen molar-refractivity contribution >= 4 is 11.9 Å². The Kier molecular flexibility index (Phi) is 5.90. The molecule has 0 bridgehead atoms. The zero-order valence-corrected chi connectivity index (χ0v) is 18.2. The highest BCUT2D eigenvalue weighted by Crippen LogP contribution is 2.33. The van der Waals surface area contributed by atoms with Gasteiger partial charge in [0.15, 0.2) is 0 Å². The number of ether oxygens (including phenoxy) is 2. The summed E-state index contributed by atoms with van der Waals surface area (Å²) in [5.41, 5.74) is 7.10. The Morgan fingerprint density at radius 2 is 1.00 bits per heavy atom. The van der Waals surface area contributed by atoms with Crippen LogP contribution in [0.3, 0.4) is 0 Å². The normalized spacial score (nSPS) is 10.6. The predicted octanol–water partition coefficient (Wildman–Crippen LogP) is 5.69. The van der Waals surface area contributed by atoms with Crippen LogP contribution in [0.4, 0.5) is 0 Å². The lowest BCUT2D eigenvalue weighted by molar-refractivity contribution is 0.0592. The topological polar surface area (TPSA) is 57.5 Å². The summed E-state index contributed by atoms with van der Waals surface area (Å²) in [5, 5.41) is 0. The fraction of sp³-hybridized carbons (Fsp3) is 0.111. The molecule has 0 N–H and O–H groups in total. The minimum absolute atomic E-state index is 0.364. The molecule has 5 nitrogen and oxygen atoms in total. The molecule has 0 atom stereocenters. The first-order valence-electron chi connectivity index (χ1n) is 10.2. The van der Waals surface area contributed by atoms with E-state index >= 15 is 0 Å². The van der Waals surface area contributed by atoms with Crippen LogP contribution in [0.1, 0.15) is 26.3 Å². The number of hydrogen-bond donors (Lipinski definition) is 0. The monoisotopic (exact) mass is 425 g/mol. The number of aryl methyl sites for hydroxylation is 1. The molecule has 160 valence electrons. The molecule has 1 heterocycles. The molecule has 5 heteroatoms. The minimum atomic E-state index is -0.364. The molecule has 0 unspecified atom stereocenters. The van der Waals surface area contributed by atoms with Gasteiger partial charge in [-0.2, -0.15) is 0 Å². The molecule has 1 aromatic heterocycles. The van der Waals surface area contributed by atoms with Gasteiger partial charge in [-0.3, -0.25) is 0 Å². The Morgan fingerprint density at radius 3 is 1.38 bits per heavy atom. The van der Waals surface area contributed by atoms with Crippen LogP contribution in [-0.4, -0.2) is 30.7 Å². The lowest BCUT2D eigenvalue weighted by Gasteiger charge is -2.15. The molecule has 0 aliphatic rings. The van der Waals surface area contributed by atoms with Crippen LogP contribution in [0.2, 0.25) is 0 Å². The average molecular weight is 425 g/mol. The lowest BCUT2D eigenvalue weighted by Crippen LogP contribution is -2.03. The van der Waals surface area contributed by atoms with Crippen molar-refractivity contribution in [2.45, 2.75) is 6.92 Å². The average Bonchev–Trinajstić information content (AvgIpc) is 3.29. The first-order valence-corrected chi connectivity index (χ1v) is 10.2. The van der Waals surface area contributed by atoms with Crippen LogP contribution in [0.25, 0.3) is 28.2 Å². The molecule has 0 radical (unpaired) electrons. The van der Waals surface area contributed by atoms with Gasteiger partial charge in [0.2, 0.25) is 0 Å². The standard InChI is InChI=1S/C27H23NO4/c1-18-4-14-23(15-5-18)28-24(19-6-10-21(11-7-19)26(29)31-2)16-17-25(28)20-8-12-22(13-9-20)27(30)32-3/h4-17H,1-3H3. The van der Waals surface area contributed by atoms with Gasteiger partial charge in [-0.15, -0.1) is 0 Å². The number of aromatic nitrogens is 1. The van der Waals surface area contributed by atoms with Crippen LogP contribution in [0, 0.1) is 6.92 Å². The van der Waals surface area contributed by atoms with E-state index in [1.165, 1.54) is 19.8 Å². The lowest BCUT2D eigenvalue weighted by atomic mass is 10.1. The Balaban J connectivity index is 1.83. The first kappa shape index (κ1) is 21.1. The fourth-order valence-corrected chi connectivity index (χ4v) is 3.65. The Hall–Kier alpha value is -4.12. The fourth-order valence-electron chi connectivity index (χ4n) is 3.65. The molecule has 32 heavy (non-hydrogen) atoms. The maximum absolute atomic E-state index is 11.8. The highest BCUT2D eigenvalue weighted by Gasteiger charge is 2.15.